The van der Waals surface area contributed by atoms with E-state index in [2.05, 4.69) is 16.9 Å². The number of fused-ring (bicyclic) bond motifs is 2. The molecule has 3 heterocycles. The first-order valence-electron chi connectivity index (χ1n) is 8.12. The fourth-order valence-electron chi connectivity index (χ4n) is 3.62. The van der Waals surface area contributed by atoms with Crippen LogP contribution in [-0.4, -0.2) is 34.0 Å². The molecule has 1 aliphatic rings. The maximum absolute atomic E-state index is 13.3. The number of nitrogens with zero attached hydrogens (tertiary/aromatic N) is 3. The minimum atomic E-state index is -0.0469. The summed E-state index contributed by atoms with van der Waals surface area (Å²) in [6.07, 6.45) is 4.43. The van der Waals surface area contributed by atoms with Crippen molar-refractivity contribution < 1.29 is 4.79 Å². The fraction of sp³-hybridized carbons (Fsp3) is 0.263. The number of rotatable bonds is 1. The van der Waals surface area contributed by atoms with Crippen molar-refractivity contribution in [2.75, 3.05) is 19.3 Å². The number of carbonyl (C=O) groups is 1. The quantitative estimate of drug-likeness (QED) is 0.700. The third-order valence-electron chi connectivity index (χ3n) is 4.80. The van der Waals surface area contributed by atoms with E-state index in [1.807, 2.05) is 37.4 Å². The molecule has 2 aromatic heterocycles. The van der Waals surface area contributed by atoms with E-state index in [4.69, 9.17) is 5.73 Å². The summed E-state index contributed by atoms with van der Waals surface area (Å²) >= 11 is 0. The Morgan fingerprint density at radius 1 is 1.29 bits per heavy atom. The lowest BCUT2D eigenvalue weighted by Gasteiger charge is -2.26. The molecule has 5 nitrogen and oxygen atoms in total. The molecule has 3 aromatic rings. The molecule has 4 rings (SSSR count). The molecule has 0 saturated heterocycles. The van der Waals surface area contributed by atoms with Gasteiger partial charge in [-0.15, -0.1) is 0 Å². The van der Waals surface area contributed by atoms with Crippen molar-refractivity contribution in [3.63, 3.8) is 0 Å². The highest BCUT2D eigenvalue weighted by atomic mass is 16.2. The number of hydrogen-bond acceptors (Lipinski definition) is 4. The van der Waals surface area contributed by atoms with Crippen LogP contribution in [-0.2, 0) is 13.0 Å². The van der Waals surface area contributed by atoms with Crippen molar-refractivity contribution in [2.45, 2.75) is 19.9 Å². The van der Waals surface area contributed by atoms with Crippen LogP contribution in [0.2, 0.25) is 0 Å². The summed E-state index contributed by atoms with van der Waals surface area (Å²) in [5, 5.41) is 0.985. The number of aryl methyl sites for hydroxylation is 1. The Labute approximate surface area is 140 Å². The molecular weight excluding hydrogens is 300 g/mol. The first kappa shape index (κ1) is 14.9. The van der Waals surface area contributed by atoms with Crippen LogP contribution in [0.15, 0.2) is 36.7 Å². The molecule has 2 N–H and O–H groups in total. The van der Waals surface area contributed by atoms with Crippen LogP contribution in [0.3, 0.4) is 0 Å². The number of nitrogen functional groups attached to an aromatic ring is 1. The van der Waals surface area contributed by atoms with E-state index in [-0.39, 0.29) is 5.91 Å². The first-order valence-corrected chi connectivity index (χ1v) is 8.12. The molecule has 1 aliphatic heterocycles. The van der Waals surface area contributed by atoms with E-state index < -0.39 is 0 Å². The fourth-order valence-corrected chi connectivity index (χ4v) is 3.62. The van der Waals surface area contributed by atoms with Crippen LogP contribution in [0, 0.1) is 6.92 Å². The summed E-state index contributed by atoms with van der Waals surface area (Å²) < 4.78 is 1.72. The summed E-state index contributed by atoms with van der Waals surface area (Å²) in [7, 11) is 2.09. The highest BCUT2D eigenvalue weighted by molar-refractivity contribution is 6.06. The third kappa shape index (κ3) is 2.20. The molecule has 0 spiro atoms. The molecule has 1 aromatic carbocycles. The van der Waals surface area contributed by atoms with E-state index in [1.54, 1.807) is 10.8 Å². The minimum absolute atomic E-state index is 0.0469. The predicted molar refractivity (Wildman–Crippen MR) is 95.1 cm³/mol. The Bertz CT molecular complexity index is 957. The summed E-state index contributed by atoms with van der Waals surface area (Å²) in [5.41, 5.74) is 11.4. The maximum atomic E-state index is 13.3. The number of para-hydroxylation sites is 1. The Kier molecular flexibility index (Phi) is 3.39. The Morgan fingerprint density at radius 3 is 2.96 bits per heavy atom. The van der Waals surface area contributed by atoms with Gasteiger partial charge >= 0.3 is 0 Å². The normalized spacial score (nSPS) is 14.8. The van der Waals surface area contributed by atoms with Crippen LogP contribution in [0.1, 0.15) is 27.2 Å². The zero-order valence-corrected chi connectivity index (χ0v) is 13.9. The number of anilines is 1. The zero-order valence-electron chi connectivity index (χ0n) is 13.9. The molecule has 0 bridgehead atoms. The van der Waals surface area contributed by atoms with Gasteiger partial charge in [0.2, 0.25) is 0 Å². The second kappa shape index (κ2) is 5.46. The molecular formula is C19H20N4O. The number of pyridine rings is 1. The van der Waals surface area contributed by atoms with Gasteiger partial charge in [-0.3, -0.25) is 14.3 Å². The number of carbonyl (C=O) groups excluding carboxylic acids is 1. The van der Waals surface area contributed by atoms with Gasteiger partial charge < -0.3 is 10.6 Å². The predicted octanol–water partition coefficient (Wildman–Crippen LogP) is 2.60. The minimum Gasteiger partial charge on any atom is -0.397 e. The van der Waals surface area contributed by atoms with Gasteiger partial charge in [0, 0.05) is 36.6 Å². The third-order valence-corrected chi connectivity index (χ3v) is 4.80. The van der Waals surface area contributed by atoms with Gasteiger partial charge in [-0.25, -0.2) is 0 Å². The lowest BCUT2D eigenvalue weighted by atomic mass is 9.97. The van der Waals surface area contributed by atoms with E-state index in [0.29, 0.717) is 11.3 Å². The highest BCUT2D eigenvalue weighted by Gasteiger charge is 2.23. The van der Waals surface area contributed by atoms with Gasteiger partial charge in [0.05, 0.1) is 16.8 Å². The average Bonchev–Trinajstić information content (AvgIpc) is 2.90. The number of benzene rings is 1. The van der Waals surface area contributed by atoms with Crippen LogP contribution in [0.5, 0.6) is 0 Å². The molecule has 5 heteroatoms. The topological polar surface area (TPSA) is 64.1 Å². The monoisotopic (exact) mass is 320 g/mol. The van der Waals surface area contributed by atoms with Crippen molar-refractivity contribution in [1.82, 2.24) is 14.5 Å². The molecule has 0 aliphatic carbocycles. The van der Waals surface area contributed by atoms with Crippen LogP contribution >= 0.6 is 0 Å². The molecule has 0 unspecified atom stereocenters. The van der Waals surface area contributed by atoms with Crippen molar-refractivity contribution in [3.05, 3.63) is 59.0 Å². The maximum Gasteiger partial charge on any atom is 0.264 e. The second-order valence-corrected chi connectivity index (χ2v) is 6.52. The summed E-state index contributed by atoms with van der Waals surface area (Å²) in [6, 6.07) is 7.73. The summed E-state index contributed by atoms with van der Waals surface area (Å²) in [6.45, 7) is 3.72. The van der Waals surface area contributed by atoms with E-state index in [1.165, 1.54) is 0 Å². The largest absolute Gasteiger partial charge is 0.397 e. The van der Waals surface area contributed by atoms with Gasteiger partial charge in [-0.2, -0.15) is 0 Å². The molecule has 0 fully saturated rings. The Balaban J connectivity index is 1.90. The lowest BCUT2D eigenvalue weighted by Crippen LogP contribution is -2.29. The number of aromatic nitrogens is 2. The van der Waals surface area contributed by atoms with Crippen molar-refractivity contribution >= 4 is 22.5 Å². The summed E-state index contributed by atoms with van der Waals surface area (Å²) in [4.78, 5) is 19.8. The number of likely N-dealkylation sites (N-methyl/N-ethyl adjacent to an activating group) is 1. The van der Waals surface area contributed by atoms with Gasteiger partial charge in [-0.1, -0.05) is 12.1 Å². The van der Waals surface area contributed by atoms with Crippen LogP contribution in [0.4, 0.5) is 5.69 Å². The number of hydrogen-bond donors (Lipinski definition) is 1. The second-order valence-electron chi connectivity index (χ2n) is 6.52. The van der Waals surface area contributed by atoms with E-state index in [0.717, 1.165) is 47.2 Å². The summed E-state index contributed by atoms with van der Waals surface area (Å²) in [5.74, 6) is -0.0469. The van der Waals surface area contributed by atoms with Crippen LogP contribution < -0.4 is 5.73 Å². The van der Waals surface area contributed by atoms with Crippen molar-refractivity contribution in [2.24, 2.45) is 0 Å². The van der Waals surface area contributed by atoms with E-state index in [9.17, 15) is 4.79 Å². The van der Waals surface area contributed by atoms with Gasteiger partial charge in [-0.05, 0) is 43.7 Å². The van der Waals surface area contributed by atoms with E-state index >= 15 is 0 Å². The SMILES string of the molecule is Cc1cc2cccc(N)c2n1C(=O)c1cncc2c1CCN(C)C2. The average molecular weight is 320 g/mol. The smallest absolute Gasteiger partial charge is 0.264 e. The first-order chi connectivity index (χ1) is 11.6. The number of nitrogens with two attached hydrogens (primary N) is 1. The van der Waals surface area contributed by atoms with Gasteiger partial charge in [0.1, 0.15) is 0 Å². The Hall–Kier alpha value is -2.66. The van der Waals surface area contributed by atoms with Gasteiger partial charge in [0.15, 0.2) is 0 Å². The molecule has 24 heavy (non-hydrogen) atoms. The highest BCUT2D eigenvalue weighted by Crippen LogP contribution is 2.28. The lowest BCUT2D eigenvalue weighted by molar-refractivity contribution is 0.0961. The molecule has 0 radical (unpaired) electrons. The zero-order chi connectivity index (χ0) is 16.8. The standard InChI is InChI=1S/C19H20N4O/c1-12-8-13-4-3-5-17(20)18(13)23(12)19(24)16-10-21-9-14-11-22(2)7-6-15(14)16/h3-5,8-10H,6-7,11,20H2,1-2H3. The molecule has 0 atom stereocenters. The Morgan fingerprint density at radius 2 is 2.12 bits per heavy atom. The molecule has 0 saturated carbocycles. The molecule has 0 amide bonds. The van der Waals surface area contributed by atoms with Crippen molar-refractivity contribution in [3.8, 4) is 0 Å². The van der Waals surface area contributed by atoms with Crippen LogP contribution in [0.25, 0.3) is 10.9 Å². The molecule has 122 valence electrons. The van der Waals surface area contributed by atoms with Crippen molar-refractivity contribution in [1.29, 1.82) is 0 Å². The van der Waals surface area contributed by atoms with Gasteiger partial charge in [0.25, 0.3) is 5.91 Å².